The van der Waals surface area contributed by atoms with E-state index in [1.807, 2.05) is 45.0 Å². The van der Waals surface area contributed by atoms with Gasteiger partial charge in [-0.3, -0.25) is 4.79 Å². The van der Waals surface area contributed by atoms with E-state index < -0.39 is 0 Å². The largest absolute Gasteiger partial charge is 0.494 e. The van der Waals surface area contributed by atoms with E-state index in [1.54, 1.807) is 0 Å². The molecule has 0 aliphatic heterocycles. The molecule has 0 saturated carbocycles. The third-order valence-corrected chi connectivity index (χ3v) is 3.19. The van der Waals surface area contributed by atoms with Crippen molar-refractivity contribution in [2.75, 3.05) is 13.2 Å². The molecule has 0 heterocycles. The molecule has 1 atom stereocenters. The molecule has 0 aliphatic rings. The number of aliphatic hydroxyl groups is 1. The van der Waals surface area contributed by atoms with Crippen LogP contribution in [0, 0.1) is 5.92 Å². The summed E-state index contributed by atoms with van der Waals surface area (Å²) in [6, 6.07) is 7.58. The van der Waals surface area contributed by atoms with Crippen molar-refractivity contribution in [2.24, 2.45) is 5.92 Å². The molecule has 0 saturated heterocycles. The summed E-state index contributed by atoms with van der Waals surface area (Å²) in [5.41, 5.74) is 0.956. The molecule has 20 heavy (non-hydrogen) atoms. The number of nitrogens with one attached hydrogen (secondary N) is 1. The van der Waals surface area contributed by atoms with E-state index in [0.29, 0.717) is 25.4 Å². The van der Waals surface area contributed by atoms with Gasteiger partial charge in [0.15, 0.2) is 0 Å². The molecule has 1 unspecified atom stereocenters. The number of benzene rings is 1. The first-order valence-electron chi connectivity index (χ1n) is 7.18. The fraction of sp³-hybridized carbons (Fsp3) is 0.562. The van der Waals surface area contributed by atoms with Crippen molar-refractivity contribution in [3.8, 4) is 5.75 Å². The molecule has 0 fully saturated rings. The molecule has 2 N–H and O–H groups in total. The number of rotatable bonds is 8. The SMILES string of the molecule is CCOc1ccc(CC(=O)NC(CCO)C(C)C)cc1. The van der Waals surface area contributed by atoms with Crippen molar-refractivity contribution in [3.63, 3.8) is 0 Å². The standard InChI is InChI=1S/C16H25NO3/c1-4-20-14-7-5-13(6-8-14)11-16(19)17-15(9-10-18)12(2)3/h5-8,12,15,18H,4,9-11H2,1-3H3,(H,17,19). The first kappa shape index (κ1) is 16.5. The van der Waals surface area contributed by atoms with E-state index in [-0.39, 0.29) is 18.6 Å². The minimum Gasteiger partial charge on any atom is -0.494 e. The number of hydrogen-bond donors (Lipinski definition) is 2. The van der Waals surface area contributed by atoms with Crippen LogP contribution in [-0.4, -0.2) is 30.3 Å². The minimum absolute atomic E-state index is 0.0127. The van der Waals surface area contributed by atoms with Gasteiger partial charge in [-0.15, -0.1) is 0 Å². The molecule has 4 nitrogen and oxygen atoms in total. The second kappa shape index (κ2) is 8.59. The van der Waals surface area contributed by atoms with Gasteiger partial charge in [0.2, 0.25) is 5.91 Å². The summed E-state index contributed by atoms with van der Waals surface area (Å²) in [4.78, 5) is 12.0. The van der Waals surface area contributed by atoms with Gasteiger partial charge in [-0.05, 0) is 37.0 Å². The van der Waals surface area contributed by atoms with Gasteiger partial charge in [0.25, 0.3) is 0 Å². The zero-order valence-corrected chi connectivity index (χ0v) is 12.6. The van der Waals surface area contributed by atoms with Crippen molar-refractivity contribution >= 4 is 5.91 Å². The zero-order valence-electron chi connectivity index (χ0n) is 12.6. The third-order valence-electron chi connectivity index (χ3n) is 3.19. The van der Waals surface area contributed by atoms with Gasteiger partial charge in [0.05, 0.1) is 13.0 Å². The number of carbonyl (C=O) groups excluding carboxylic acids is 1. The van der Waals surface area contributed by atoms with E-state index in [4.69, 9.17) is 9.84 Å². The smallest absolute Gasteiger partial charge is 0.224 e. The number of ether oxygens (including phenoxy) is 1. The molecule has 0 aromatic heterocycles. The first-order valence-corrected chi connectivity index (χ1v) is 7.18. The summed E-state index contributed by atoms with van der Waals surface area (Å²) in [5, 5.41) is 12.0. The van der Waals surface area contributed by atoms with Gasteiger partial charge in [-0.2, -0.15) is 0 Å². The molecule has 4 heteroatoms. The molecule has 0 aliphatic carbocycles. The van der Waals surface area contributed by atoms with Crippen LogP contribution in [0.1, 0.15) is 32.8 Å². The number of hydrogen-bond acceptors (Lipinski definition) is 3. The van der Waals surface area contributed by atoms with Crippen LogP contribution in [0.25, 0.3) is 0 Å². The minimum atomic E-state index is -0.0127. The van der Waals surface area contributed by atoms with Crippen LogP contribution in [0.3, 0.4) is 0 Å². The highest BCUT2D eigenvalue weighted by Crippen LogP contribution is 2.13. The molecule has 1 aromatic rings. The van der Waals surface area contributed by atoms with Gasteiger partial charge in [0.1, 0.15) is 5.75 Å². The summed E-state index contributed by atoms with van der Waals surface area (Å²) in [5.74, 6) is 1.12. The molecule has 1 aromatic carbocycles. The predicted octanol–water partition coefficient (Wildman–Crippen LogP) is 2.15. The van der Waals surface area contributed by atoms with Crippen LogP contribution in [0.2, 0.25) is 0 Å². The zero-order chi connectivity index (χ0) is 15.0. The summed E-state index contributed by atoms with van der Waals surface area (Å²) in [6.45, 7) is 6.74. The van der Waals surface area contributed by atoms with Crippen LogP contribution in [0.4, 0.5) is 0 Å². The summed E-state index contributed by atoms with van der Waals surface area (Å²) < 4.78 is 5.37. The average molecular weight is 279 g/mol. The van der Waals surface area contributed by atoms with Crippen LogP contribution < -0.4 is 10.1 Å². The second-order valence-corrected chi connectivity index (χ2v) is 5.18. The third kappa shape index (κ3) is 5.61. The molecule has 112 valence electrons. The van der Waals surface area contributed by atoms with E-state index in [0.717, 1.165) is 11.3 Å². The quantitative estimate of drug-likeness (QED) is 0.766. The lowest BCUT2D eigenvalue weighted by Crippen LogP contribution is -2.40. The first-order chi connectivity index (χ1) is 9.56. The van der Waals surface area contributed by atoms with Gasteiger partial charge in [0, 0.05) is 12.6 Å². The molecule has 1 rings (SSSR count). The van der Waals surface area contributed by atoms with Crippen molar-refractivity contribution in [2.45, 2.75) is 39.7 Å². The molecule has 1 amide bonds. The lowest BCUT2D eigenvalue weighted by Gasteiger charge is -2.21. The van der Waals surface area contributed by atoms with Crippen molar-refractivity contribution in [1.29, 1.82) is 0 Å². The van der Waals surface area contributed by atoms with Gasteiger partial charge < -0.3 is 15.2 Å². The normalized spacial score (nSPS) is 12.2. The van der Waals surface area contributed by atoms with Crippen LogP contribution >= 0.6 is 0 Å². The summed E-state index contributed by atoms with van der Waals surface area (Å²) in [7, 11) is 0. The summed E-state index contributed by atoms with van der Waals surface area (Å²) >= 11 is 0. The van der Waals surface area contributed by atoms with Gasteiger partial charge >= 0.3 is 0 Å². The van der Waals surface area contributed by atoms with Crippen LogP contribution in [0.15, 0.2) is 24.3 Å². The van der Waals surface area contributed by atoms with E-state index >= 15 is 0 Å². The van der Waals surface area contributed by atoms with Crippen LogP contribution in [0.5, 0.6) is 5.75 Å². The Morgan fingerprint density at radius 3 is 2.45 bits per heavy atom. The molecule has 0 radical (unpaired) electrons. The van der Waals surface area contributed by atoms with E-state index in [2.05, 4.69) is 5.32 Å². The number of aliphatic hydroxyl groups excluding tert-OH is 1. The number of carbonyl (C=O) groups is 1. The molecular formula is C16H25NO3. The Kier molecular flexibility index (Phi) is 7.09. The fourth-order valence-corrected chi connectivity index (χ4v) is 2.02. The highest BCUT2D eigenvalue weighted by atomic mass is 16.5. The molecule has 0 spiro atoms. The fourth-order valence-electron chi connectivity index (χ4n) is 2.02. The lowest BCUT2D eigenvalue weighted by molar-refractivity contribution is -0.121. The molecule has 0 bridgehead atoms. The average Bonchev–Trinajstić information content (AvgIpc) is 2.40. The van der Waals surface area contributed by atoms with Crippen molar-refractivity contribution in [1.82, 2.24) is 5.32 Å². The number of amides is 1. The van der Waals surface area contributed by atoms with Gasteiger partial charge in [-0.25, -0.2) is 0 Å². The molecular weight excluding hydrogens is 254 g/mol. The Morgan fingerprint density at radius 1 is 1.30 bits per heavy atom. The lowest BCUT2D eigenvalue weighted by atomic mass is 10.0. The topological polar surface area (TPSA) is 58.6 Å². The Labute approximate surface area is 121 Å². The second-order valence-electron chi connectivity index (χ2n) is 5.18. The maximum absolute atomic E-state index is 12.0. The van der Waals surface area contributed by atoms with Crippen molar-refractivity contribution in [3.05, 3.63) is 29.8 Å². The Bertz CT molecular complexity index is 401. The highest BCUT2D eigenvalue weighted by Gasteiger charge is 2.15. The Hall–Kier alpha value is -1.55. The maximum atomic E-state index is 12.0. The van der Waals surface area contributed by atoms with Crippen LogP contribution in [-0.2, 0) is 11.2 Å². The Morgan fingerprint density at radius 2 is 1.95 bits per heavy atom. The predicted molar refractivity (Wildman–Crippen MR) is 79.8 cm³/mol. The van der Waals surface area contributed by atoms with E-state index in [1.165, 1.54) is 0 Å². The maximum Gasteiger partial charge on any atom is 0.224 e. The summed E-state index contributed by atoms with van der Waals surface area (Å²) in [6.07, 6.45) is 0.938. The van der Waals surface area contributed by atoms with E-state index in [9.17, 15) is 4.79 Å². The Balaban J connectivity index is 2.52. The monoisotopic (exact) mass is 279 g/mol. The van der Waals surface area contributed by atoms with Crippen molar-refractivity contribution < 1.29 is 14.6 Å². The van der Waals surface area contributed by atoms with Gasteiger partial charge in [-0.1, -0.05) is 26.0 Å². The highest BCUT2D eigenvalue weighted by molar-refractivity contribution is 5.78.